The molecule has 0 saturated carbocycles. The van der Waals surface area contributed by atoms with Gasteiger partial charge in [0.15, 0.2) is 17.2 Å². The first kappa shape index (κ1) is 25.0. The number of rotatable bonds is 7. The quantitative estimate of drug-likeness (QED) is 0.147. The normalized spacial score (nSPS) is 14.2. The molecule has 0 fully saturated rings. The van der Waals surface area contributed by atoms with Crippen LogP contribution in [0.4, 0.5) is 0 Å². The summed E-state index contributed by atoms with van der Waals surface area (Å²) in [6.07, 6.45) is 1.63. The number of carbonyl (C=O) groups is 1. The Morgan fingerprint density at radius 1 is 1.09 bits per heavy atom. The monoisotopic (exact) mass is 671 g/mol. The molecule has 1 aliphatic heterocycles. The van der Waals surface area contributed by atoms with Gasteiger partial charge < -0.3 is 14.2 Å². The van der Waals surface area contributed by atoms with Crippen LogP contribution < -0.4 is 9.47 Å². The number of hydrogen-bond donors (Lipinski definition) is 0. The highest BCUT2D eigenvalue weighted by molar-refractivity contribution is 14.1. The van der Waals surface area contributed by atoms with E-state index < -0.39 is 5.97 Å². The summed E-state index contributed by atoms with van der Waals surface area (Å²) >= 11 is 17.9. The Labute approximate surface area is 229 Å². The third-order valence-corrected chi connectivity index (χ3v) is 6.69. The summed E-state index contributed by atoms with van der Waals surface area (Å²) in [5.74, 6) is 0.733. The maximum Gasteiger partial charge on any atom is 0.363 e. The summed E-state index contributed by atoms with van der Waals surface area (Å²) in [7, 11) is 0. The molecule has 5 nitrogen and oxygen atoms in total. The van der Waals surface area contributed by atoms with Crippen molar-refractivity contribution in [2.75, 3.05) is 6.61 Å². The molecule has 1 heterocycles. The first-order valence-corrected chi connectivity index (χ1v) is 12.8. The third-order valence-electron chi connectivity index (χ3n) is 4.69. The molecule has 9 heteroatoms. The molecule has 0 unspecified atom stereocenters. The molecule has 0 bridgehead atoms. The van der Waals surface area contributed by atoms with E-state index in [0.717, 1.165) is 9.13 Å². The highest BCUT2D eigenvalue weighted by Crippen LogP contribution is 2.38. The van der Waals surface area contributed by atoms with Crippen molar-refractivity contribution in [1.82, 2.24) is 0 Å². The minimum Gasteiger partial charge on any atom is -0.490 e. The van der Waals surface area contributed by atoms with Gasteiger partial charge in [-0.25, -0.2) is 9.79 Å². The molecular formula is C25H17BrCl2INO4. The molecule has 1 aliphatic rings. The van der Waals surface area contributed by atoms with E-state index in [1.807, 2.05) is 31.2 Å². The molecule has 0 saturated heterocycles. The lowest BCUT2D eigenvalue weighted by atomic mass is 10.1. The zero-order valence-electron chi connectivity index (χ0n) is 17.8. The number of esters is 1. The number of hydrogen-bond acceptors (Lipinski definition) is 5. The Morgan fingerprint density at radius 3 is 2.65 bits per heavy atom. The number of carbonyl (C=O) groups excluding carboxylic acids is 1. The molecule has 0 spiro atoms. The molecule has 34 heavy (non-hydrogen) atoms. The summed E-state index contributed by atoms with van der Waals surface area (Å²) in [4.78, 5) is 16.8. The fourth-order valence-electron chi connectivity index (χ4n) is 3.18. The van der Waals surface area contributed by atoms with Crippen LogP contribution >= 0.6 is 61.7 Å². The van der Waals surface area contributed by atoms with Crippen molar-refractivity contribution in [3.05, 3.63) is 95.1 Å². The molecule has 0 atom stereocenters. The Kier molecular flexibility index (Phi) is 8.18. The number of aliphatic imine (C=N–C) groups is 1. The Morgan fingerprint density at radius 2 is 1.91 bits per heavy atom. The van der Waals surface area contributed by atoms with Gasteiger partial charge >= 0.3 is 5.97 Å². The lowest BCUT2D eigenvalue weighted by Crippen LogP contribution is -2.05. The third kappa shape index (κ3) is 5.94. The standard InChI is InChI=1S/C25H17BrCl2INO4/c1-2-32-22-11-15(9-18(26)23(22)33-13-14-4-3-5-17(29)8-14)10-21-25(31)34-24(30-21)16-6-7-19(27)20(28)12-16/h3-12H,2,13H2,1H3/b21-10-. The van der Waals surface area contributed by atoms with E-state index >= 15 is 0 Å². The molecular weight excluding hydrogens is 656 g/mol. The van der Waals surface area contributed by atoms with Crippen LogP contribution in [0.2, 0.25) is 10.0 Å². The molecule has 0 radical (unpaired) electrons. The van der Waals surface area contributed by atoms with E-state index in [1.165, 1.54) is 0 Å². The van der Waals surface area contributed by atoms with E-state index in [-0.39, 0.29) is 11.6 Å². The second kappa shape index (κ2) is 11.1. The average molecular weight is 673 g/mol. The largest absolute Gasteiger partial charge is 0.490 e. The average Bonchev–Trinajstić information content (AvgIpc) is 3.15. The van der Waals surface area contributed by atoms with Crippen molar-refractivity contribution in [3.63, 3.8) is 0 Å². The first-order chi connectivity index (χ1) is 16.3. The van der Waals surface area contributed by atoms with Gasteiger partial charge in [0.25, 0.3) is 0 Å². The Balaban J connectivity index is 1.61. The second-order valence-electron chi connectivity index (χ2n) is 7.15. The van der Waals surface area contributed by atoms with Crippen LogP contribution in [-0.4, -0.2) is 18.5 Å². The molecule has 4 rings (SSSR count). The minimum atomic E-state index is -0.561. The highest BCUT2D eigenvalue weighted by atomic mass is 127. The summed E-state index contributed by atoms with van der Waals surface area (Å²) in [6, 6.07) is 16.6. The van der Waals surface area contributed by atoms with Crippen molar-refractivity contribution < 1.29 is 19.0 Å². The number of benzene rings is 3. The molecule has 174 valence electrons. The Bertz CT molecular complexity index is 1330. The maximum atomic E-state index is 12.4. The van der Waals surface area contributed by atoms with Crippen molar-refractivity contribution in [3.8, 4) is 11.5 Å². The van der Waals surface area contributed by atoms with E-state index in [2.05, 4.69) is 49.6 Å². The van der Waals surface area contributed by atoms with Crippen molar-refractivity contribution in [2.24, 2.45) is 4.99 Å². The van der Waals surface area contributed by atoms with Crippen LogP contribution in [0.3, 0.4) is 0 Å². The van der Waals surface area contributed by atoms with Gasteiger partial charge in [-0.1, -0.05) is 35.3 Å². The van der Waals surface area contributed by atoms with E-state index in [0.29, 0.717) is 50.4 Å². The molecule has 3 aromatic rings. The summed E-state index contributed by atoms with van der Waals surface area (Å²) in [6.45, 7) is 2.73. The summed E-state index contributed by atoms with van der Waals surface area (Å²) in [5.41, 5.74) is 2.46. The van der Waals surface area contributed by atoms with Crippen LogP contribution in [0.25, 0.3) is 6.08 Å². The summed E-state index contributed by atoms with van der Waals surface area (Å²) < 4.78 is 19.0. The zero-order valence-corrected chi connectivity index (χ0v) is 23.0. The van der Waals surface area contributed by atoms with Crippen LogP contribution in [-0.2, 0) is 16.1 Å². The van der Waals surface area contributed by atoms with Gasteiger partial charge in [-0.3, -0.25) is 0 Å². The summed E-state index contributed by atoms with van der Waals surface area (Å²) in [5, 5.41) is 0.755. The van der Waals surface area contributed by atoms with Gasteiger partial charge in [0.05, 0.1) is 21.1 Å². The zero-order chi connectivity index (χ0) is 24.2. The molecule has 0 aliphatic carbocycles. The molecule has 0 amide bonds. The van der Waals surface area contributed by atoms with Crippen molar-refractivity contribution >= 4 is 79.7 Å². The van der Waals surface area contributed by atoms with E-state index in [1.54, 1.807) is 30.3 Å². The van der Waals surface area contributed by atoms with Gasteiger partial charge in [-0.2, -0.15) is 0 Å². The Hall–Kier alpha value is -2.07. The van der Waals surface area contributed by atoms with Gasteiger partial charge in [0.2, 0.25) is 5.90 Å². The van der Waals surface area contributed by atoms with Gasteiger partial charge in [0.1, 0.15) is 6.61 Å². The molecule has 0 N–H and O–H groups in total. The van der Waals surface area contributed by atoms with Crippen molar-refractivity contribution in [2.45, 2.75) is 13.5 Å². The van der Waals surface area contributed by atoms with Crippen LogP contribution in [0.1, 0.15) is 23.6 Å². The fourth-order valence-corrected chi connectivity index (χ4v) is 4.66. The molecule has 0 aromatic heterocycles. The van der Waals surface area contributed by atoms with Crippen molar-refractivity contribution in [1.29, 1.82) is 0 Å². The maximum absolute atomic E-state index is 12.4. The first-order valence-electron chi connectivity index (χ1n) is 10.2. The lowest BCUT2D eigenvalue weighted by molar-refractivity contribution is -0.129. The van der Waals surface area contributed by atoms with E-state index in [4.69, 9.17) is 37.4 Å². The number of halogens is 4. The minimum absolute atomic E-state index is 0.156. The predicted molar refractivity (Wildman–Crippen MR) is 146 cm³/mol. The molecule has 3 aromatic carbocycles. The predicted octanol–water partition coefficient (Wildman–Crippen LogP) is 7.68. The smallest absolute Gasteiger partial charge is 0.363 e. The van der Waals surface area contributed by atoms with Crippen LogP contribution in [0.5, 0.6) is 11.5 Å². The number of cyclic esters (lactones) is 1. The second-order valence-corrected chi connectivity index (χ2v) is 10.1. The van der Waals surface area contributed by atoms with Gasteiger partial charge in [-0.05, 0) is 105 Å². The van der Waals surface area contributed by atoms with Crippen LogP contribution in [0, 0.1) is 3.57 Å². The topological polar surface area (TPSA) is 57.1 Å². The fraction of sp³-hybridized carbons (Fsp3) is 0.120. The van der Waals surface area contributed by atoms with E-state index in [9.17, 15) is 4.79 Å². The SMILES string of the molecule is CCOc1cc(/C=C2\N=C(c3ccc(Cl)c(Cl)c3)OC2=O)cc(Br)c1OCc1cccc(I)c1. The highest BCUT2D eigenvalue weighted by Gasteiger charge is 2.25. The van der Waals surface area contributed by atoms with Gasteiger partial charge in [-0.15, -0.1) is 0 Å². The van der Waals surface area contributed by atoms with Crippen LogP contribution in [0.15, 0.2) is 69.8 Å². The van der Waals surface area contributed by atoms with Gasteiger partial charge in [0, 0.05) is 9.13 Å². The lowest BCUT2D eigenvalue weighted by Gasteiger charge is -2.15. The number of ether oxygens (including phenoxy) is 3. The number of nitrogens with zero attached hydrogens (tertiary/aromatic N) is 1.